The summed E-state index contributed by atoms with van der Waals surface area (Å²) in [5, 5.41) is 6.81. The minimum atomic E-state index is -0.0465. The Kier molecular flexibility index (Phi) is 4.62. The molecular weight excluding hydrogens is 294 g/mol. The minimum absolute atomic E-state index is 0.0465. The van der Waals surface area contributed by atoms with Gasteiger partial charge in [0.25, 0.3) is 5.91 Å². The second-order valence-corrected chi connectivity index (χ2v) is 5.98. The van der Waals surface area contributed by atoms with E-state index in [1.54, 1.807) is 43.6 Å². The van der Waals surface area contributed by atoms with Gasteiger partial charge in [0.05, 0.1) is 17.3 Å². The van der Waals surface area contributed by atoms with Crippen LogP contribution in [-0.2, 0) is 6.54 Å². The number of carbonyl (C=O) groups is 1. The maximum Gasteiger partial charge on any atom is 0.253 e. The fourth-order valence-corrected chi connectivity index (χ4v) is 2.60. The van der Waals surface area contributed by atoms with Crippen molar-refractivity contribution in [3.05, 3.63) is 44.9 Å². The Bertz CT molecular complexity index is 625. The normalized spacial score (nSPS) is 10.4. The summed E-state index contributed by atoms with van der Waals surface area (Å²) in [6.45, 7) is 2.56. The number of carbonyl (C=O) groups excluding carboxylic acids is 1. The van der Waals surface area contributed by atoms with Crippen molar-refractivity contribution in [2.24, 2.45) is 0 Å². The summed E-state index contributed by atoms with van der Waals surface area (Å²) >= 11 is 7.75. The molecule has 20 heavy (non-hydrogen) atoms. The first kappa shape index (κ1) is 14.8. The maximum atomic E-state index is 11.9. The highest BCUT2D eigenvalue weighted by atomic mass is 35.5. The first-order valence-corrected chi connectivity index (χ1v) is 7.39. The number of amides is 1. The maximum absolute atomic E-state index is 11.9. The lowest BCUT2D eigenvalue weighted by Gasteiger charge is -2.13. The van der Waals surface area contributed by atoms with Crippen molar-refractivity contribution in [1.82, 2.24) is 9.88 Å². The van der Waals surface area contributed by atoms with Crippen LogP contribution in [0.15, 0.2) is 23.6 Å². The molecule has 0 aliphatic carbocycles. The lowest BCUT2D eigenvalue weighted by molar-refractivity contribution is 0.0827. The van der Waals surface area contributed by atoms with E-state index in [1.807, 2.05) is 12.3 Å². The van der Waals surface area contributed by atoms with Crippen LogP contribution in [0, 0.1) is 6.92 Å². The Morgan fingerprint density at radius 2 is 2.20 bits per heavy atom. The predicted octanol–water partition coefficient (Wildman–Crippen LogP) is 3.42. The van der Waals surface area contributed by atoms with Crippen molar-refractivity contribution in [2.75, 3.05) is 19.4 Å². The van der Waals surface area contributed by atoms with E-state index in [1.165, 1.54) is 4.90 Å². The molecule has 0 aliphatic rings. The molecule has 0 saturated carbocycles. The van der Waals surface area contributed by atoms with Gasteiger partial charge in [0.2, 0.25) is 0 Å². The van der Waals surface area contributed by atoms with Crippen LogP contribution < -0.4 is 5.32 Å². The van der Waals surface area contributed by atoms with Gasteiger partial charge in [0.15, 0.2) is 0 Å². The van der Waals surface area contributed by atoms with Crippen LogP contribution in [-0.4, -0.2) is 29.9 Å². The number of rotatable bonds is 4. The Hall–Kier alpha value is -1.59. The number of nitrogens with zero attached hydrogens (tertiary/aromatic N) is 2. The SMILES string of the molecule is Cc1csc(CNc2cc(C(=O)N(C)C)ccc2Cl)n1. The zero-order valence-corrected chi connectivity index (χ0v) is 13.2. The van der Waals surface area contributed by atoms with Gasteiger partial charge in [-0.2, -0.15) is 0 Å². The van der Waals surface area contributed by atoms with E-state index in [2.05, 4.69) is 10.3 Å². The summed E-state index contributed by atoms with van der Waals surface area (Å²) in [6.07, 6.45) is 0. The summed E-state index contributed by atoms with van der Waals surface area (Å²) in [4.78, 5) is 17.8. The third-order valence-corrected chi connectivity index (χ3v) is 4.01. The standard InChI is InChI=1S/C14H16ClN3OS/c1-9-8-20-13(17-9)7-16-12-6-10(4-5-11(12)15)14(19)18(2)3/h4-6,8,16H,7H2,1-3H3. The molecule has 1 amide bonds. The Balaban J connectivity index is 2.14. The highest BCUT2D eigenvalue weighted by Crippen LogP contribution is 2.24. The van der Waals surface area contributed by atoms with Crippen LogP contribution in [0.5, 0.6) is 0 Å². The summed E-state index contributed by atoms with van der Waals surface area (Å²) in [5.74, 6) is -0.0465. The van der Waals surface area contributed by atoms with E-state index in [4.69, 9.17) is 11.6 Å². The fraction of sp³-hybridized carbons (Fsp3) is 0.286. The molecule has 1 aromatic heterocycles. The number of halogens is 1. The topological polar surface area (TPSA) is 45.2 Å². The highest BCUT2D eigenvalue weighted by Gasteiger charge is 2.10. The average molecular weight is 310 g/mol. The molecule has 2 aromatic rings. The number of benzene rings is 1. The number of hydrogen-bond donors (Lipinski definition) is 1. The number of thiazole rings is 1. The first-order valence-electron chi connectivity index (χ1n) is 6.13. The summed E-state index contributed by atoms with van der Waals surface area (Å²) < 4.78 is 0. The number of aryl methyl sites for hydroxylation is 1. The second-order valence-electron chi connectivity index (χ2n) is 4.63. The van der Waals surface area contributed by atoms with Crippen molar-refractivity contribution in [3.63, 3.8) is 0 Å². The Morgan fingerprint density at radius 3 is 2.80 bits per heavy atom. The molecule has 1 N–H and O–H groups in total. The fourth-order valence-electron chi connectivity index (χ4n) is 1.71. The van der Waals surface area contributed by atoms with Crippen LogP contribution >= 0.6 is 22.9 Å². The van der Waals surface area contributed by atoms with E-state index in [0.717, 1.165) is 16.4 Å². The predicted molar refractivity (Wildman–Crippen MR) is 83.6 cm³/mol. The average Bonchev–Trinajstić information content (AvgIpc) is 2.82. The number of nitrogens with one attached hydrogen (secondary N) is 1. The van der Waals surface area contributed by atoms with Gasteiger partial charge >= 0.3 is 0 Å². The second kappa shape index (κ2) is 6.24. The van der Waals surface area contributed by atoms with E-state index >= 15 is 0 Å². The molecule has 0 unspecified atom stereocenters. The monoisotopic (exact) mass is 309 g/mol. The van der Waals surface area contributed by atoms with Crippen LogP contribution in [0.25, 0.3) is 0 Å². The summed E-state index contributed by atoms with van der Waals surface area (Å²) in [5.41, 5.74) is 2.36. The molecule has 0 bridgehead atoms. The summed E-state index contributed by atoms with van der Waals surface area (Å²) in [6, 6.07) is 5.22. The largest absolute Gasteiger partial charge is 0.377 e. The molecule has 6 heteroatoms. The molecule has 106 valence electrons. The number of aromatic nitrogens is 1. The lowest BCUT2D eigenvalue weighted by atomic mass is 10.2. The zero-order valence-electron chi connectivity index (χ0n) is 11.6. The van der Waals surface area contributed by atoms with Crippen molar-refractivity contribution < 1.29 is 4.79 Å². The molecular formula is C14H16ClN3OS. The van der Waals surface area contributed by atoms with E-state index in [-0.39, 0.29) is 5.91 Å². The van der Waals surface area contributed by atoms with Gasteiger partial charge in [0.1, 0.15) is 5.01 Å². The van der Waals surface area contributed by atoms with Gasteiger partial charge in [-0.15, -0.1) is 11.3 Å². The molecule has 0 atom stereocenters. The summed E-state index contributed by atoms with van der Waals surface area (Å²) in [7, 11) is 3.45. The third kappa shape index (κ3) is 3.49. The van der Waals surface area contributed by atoms with E-state index in [0.29, 0.717) is 17.1 Å². The molecule has 1 heterocycles. The van der Waals surface area contributed by atoms with Crippen LogP contribution in [0.2, 0.25) is 5.02 Å². The molecule has 4 nitrogen and oxygen atoms in total. The first-order chi connectivity index (χ1) is 9.47. The smallest absolute Gasteiger partial charge is 0.253 e. The number of hydrogen-bond acceptors (Lipinski definition) is 4. The van der Waals surface area contributed by atoms with Crippen LogP contribution in [0.1, 0.15) is 21.1 Å². The quantitative estimate of drug-likeness (QED) is 0.941. The molecule has 1 aromatic carbocycles. The molecule has 0 spiro atoms. The van der Waals surface area contributed by atoms with Crippen molar-refractivity contribution in [2.45, 2.75) is 13.5 Å². The van der Waals surface area contributed by atoms with Gasteiger partial charge in [0, 0.05) is 30.7 Å². The van der Waals surface area contributed by atoms with Crippen molar-refractivity contribution in [3.8, 4) is 0 Å². The lowest BCUT2D eigenvalue weighted by Crippen LogP contribution is -2.21. The third-order valence-electron chi connectivity index (χ3n) is 2.72. The molecule has 0 radical (unpaired) electrons. The highest BCUT2D eigenvalue weighted by molar-refractivity contribution is 7.09. The minimum Gasteiger partial charge on any atom is -0.377 e. The molecule has 2 rings (SSSR count). The van der Waals surface area contributed by atoms with Crippen molar-refractivity contribution in [1.29, 1.82) is 0 Å². The van der Waals surface area contributed by atoms with E-state index < -0.39 is 0 Å². The Morgan fingerprint density at radius 1 is 1.45 bits per heavy atom. The van der Waals surface area contributed by atoms with Crippen LogP contribution in [0.3, 0.4) is 0 Å². The van der Waals surface area contributed by atoms with Crippen molar-refractivity contribution >= 4 is 34.5 Å². The zero-order chi connectivity index (χ0) is 14.7. The molecule has 0 aliphatic heterocycles. The number of anilines is 1. The van der Waals surface area contributed by atoms with Gasteiger partial charge in [-0.25, -0.2) is 4.98 Å². The molecule has 0 saturated heterocycles. The van der Waals surface area contributed by atoms with Gasteiger partial charge in [-0.05, 0) is 25.1 Å². The van der Waals surface area contributed by atoms with E-state index in [9.17, 15) is 4.79 Å². The Labute approximate surface area is 127 Å². The van der Waals surface area contributed by atoms with Gasteiger partial charge in [-0.3, -0.25) is 4.79 Å². The van der Waals surface area contributed by atoms with Crippen LogP contribution in [0.4, 0.5) is 5.69 Å². The van der Waals surface area contributed by atoms with Gasteiger partial charge in [-0.1, -0.05) is 11.6 Å². The molecule has 0 fully saturated rings. The van der Waals surface area contributed by atoms with Gasteiger partial charge < -0.3 is 10.2 Å².